The molecule has 1 fully saturated rings. The lowest BCUT2D eigenvalue weighted by Crippen LogP contribution is -2.46. The van der Waals surface area contributed by atoms with Gasteiger partial charge in [-0.2, -0.15) is 0 Å². The molecule has 44 heavy (non-hydrogen) atoms. The van der Waals surface area contributed by atoms with Gasteiger partial charge >= 0.3 is 11.9 Å². The van der Waals surface area contributed by atoms with Crippen LogP contribution in [0.3, 0.4) is 0 Å². The lowest BCUT2D eigenvalue weighted by molar-refractivity contribution is -0.134. The van der Waals surface area contributed by atoms with Crippen molar-refractivity contribution >= 4 is 46.3 Å². The van der Waals surface area contributed by atoms with Gasteiger partial charge in [0.1, 0.15) is 11.6 Å². The average Bonchev–Trinajstić information content (AvgIpc) is 3.36. The van der Waals surface area contributed by atoms with E-state index in [1.807, 2.05) is 25.1 Å². The van der Waals surface area contributed by atoms with Gasteiger partial charge in [0, 0.05) is 62.9 Å². The highest BCUT2D eigenvalue weighted by molar-refractivity contribution is 8.00. The molecule has 1 amide bonds. The lowest BCUT2D eigenvalue weighted by Gasteiger charge is -2.34. The number of anilines is 1. The van der Waals surface area contributed by atoms with Crippen LogP contribution < -0.4 is 10.1 Å². The normalized spacial score (nSPS) is 15.4. The molecule has 12 nitrogen and oxygen atoms in total. The summed E-state index contributed by atoms with van der Waals surface area (Å²) < 4.78 is 13.9. The zero-order chi connectivity index (χ0) is 31.3. The van der Waals surface area contributed by atoms with Crippen LogP contribution in [0.15, 0.2) is 59.5 Å². The zero-order valence-electron chi connectivity index (χ0n) is 24.8. The van der Waals surface area contributed by atoms with E-state index in [1.165, 1.54) is 5.52 Å². The molecule has 13 heteroatoms. The minimum atomic E-state index is -1.26. The predicted octanol–water partition coefficient (Wildman–Crippen LogP) is 3.42. The number of thioether (sulfide) groups is 1. The molecule has 0 aliphatic carbocycles. The second-order valence-corrected chi connectivity index (χ2v) is 11.2. The Bertz CT molecular complexity index is 1440. The van der Waals surface area contributed by atoms with Crippen LogP contribution in [-0.4, -0.2) is 106 Å². The monoisotopic (exact) mass is 625 g/mol. The number of hydrogen-bond donors (Lipinski definition) is 3. The number of carbonyl (C=O) groups is 3. The highest BCUT2D eigenvalue weighted by atomic mass is 32.2. The van der Waals surface area contributed by atoms with Crippen LogP contribution >= 0.6 is 11.8 Å². The van der Waals surface area contributed by atoms with Crippen LogP contribution in [0.1, 0.15) is 19.2 Å². The molecule has 0 unspecified atom stereocenters. The maximum Gasteiger partial charge on any atom is 0.328 e. The van der Waals surface area contributed by atoms with Gasteiger partial charge in [-0.25, -0.2) is 14.6 Å². The van der Waals surface area contributed by atoms with Gasteiger partial charge in [0.25, 0.3) is 0 Å². The summed E-state index contributed by atoms with van der Waals surface area (Å²) in [7, 11) is 0. The number of imidazole rings is 1. The maximum atomic E-state index is 11.5. The number of para-hydroxylation sites is 2. The molecule has 1 aromatic heterocycles. The van der Waals surface area contributed by atoms with Crippen LogP contribution in [0.25, 0.3) is 11.0 Å². The SMILES string of the molecule is CCOCCn1c(CN2CCN(CCCOc3ccc4c(c3)SCC(=O)N4)CC2)nc2ccccc21.O=C(O)/C=C/C(=O)O. The van der Waals surface area contributed by atoms with Crippen molar-refractivity contribution in [3.05, 3.63) is 60.4 Å². The topological polar surface area (TPSA) is 146 Å². The van der Waals surface area contributed by atoms with Crippen molar-refractivity contribution in [2.24, 2.45) is 0 Å². The van der Waals surface area contributed by atoms with E-state index in [0.717, 1.165) is 86.5 Å². The van der Waals surface area contributed by atoms with Crippen LogP contribution in [0.5, 0.6) is 5.75 Å². The fourth-order valence-corrected chi connectivity index (χ4v) is 5.77. The van der Waals surface area contributed by atoms with Gasteiger partial charge in [-0.05, 0) is 43.7 Å². The number of benzene rings is 2. The molecular weight excluding hydrogens is 586 g/mol. The summed E-state index contributed by atoms with van der Waals surface area (Å²) in [5.74, 6) is 0.00450. The van der Waals surface area contributed by atoms with Crippen molar-refractivity contribution in [1.29, 1.82) is 0 Å². The van der Waals surface area contributed by atoms with E-state index in [4.69, 9.17) is 24.7 Å². The molecule has 2 aliphatic heterocycles. The van der Waals surface area contributed by atoms with Gasteiger partial charge in [-0.1, -0.05) is 12.1 Å². The third kappa shape index (κ3) is 10.1. The number of amides is 1. The lowest BCUT2D eigenvalue weighted by atomic mass is 10.2. The van der Waals surface area contributed by atoms with Crippen molar-refractivity contribution in [1.82, 2.24) is 19.4 Å². The first-order chi connectivity index (χ1) is 21.3. The van der Waals surface area contributed by atoms with Crippen LogP contribution in [0, 0.1) is 0 Å². The molecule has 5 rings (SSSR count). The number of aromatic nitrogens is 2. The van der Waals surface area contributed by atoms with Gasteiger partial charge in [0.15, 0.2) is 0 Å². The molecule has 3 aromatic rings. The molecule has 3 heterocycles. The Hall–Kier alpha value is -3.91. The van der Waals surface area contributed by atoms with E-state index in [-0.39, 0.29) is 5.91 Å². The number of rotatable bonds is 13. The fourth-order valence-electron chi connectivity index (χ4n) is 4.93. The number of carbonyl (C=O) groups excluding carboxylic acids is 1. The fraction of sp³-hybridized carbons (Fsp3) is 0.419. The van der Waals surface area contributed by atoms with Gasteiger partial charge in [0.05, 0.1) is 42.2 Å². The molecule has 236 valence electrons. The maximum absolute atomic E-state index is 11.5. The molecule has 0 bridgehead atoms. The molecule has 0 atom stereocenters. The van der Waals surface area contributed by atoms with E-state index >= 15 is 0 Å². The molecule has 3 N–H and O–H groups in total. The number of ether oxygens (including phenoxy) is 2. The van der Waals surface area contributed by atoms with E-state index in [9.17, 15) is 14.4 Å². The predicted molar refractivity (Wildman–Crippen MR) is 168 cm³/mol. The van der Waals surface area contributed by atoms with Crippen molar-refractivity contribution < 1.29 is 34.1 Å². The molecule has 0 saturated carbocycles. The van der Waals surface area contributed by atoms with Gasteiger partial charge < -0.3 is 34.5 Å². The molecular formula is C31H39N5O7S. The standard InChI is InChI=1S/C27H35N5O3S.C4H4O4/c1-2-34-17-15-32-24-7-4-3-6-22(24)28-26(32)19-31-13-11-30(12-14-31)10-5-16-35-21-8-9-23-25(18-21)36-20-27(33)29-23;5-3(6)1-2-4(7)8/h3-4,6-9,18H,2,5,10-17,19-20H2,1H3,(H,29,33);1-2H,(H,5,6)(H,7,8)/b;2-1+. The summed E-state index contributed by atoms with van der Waals surface area (Å²) in [5, 5.41) is 18.5. The molecule has 0 radical (unpaired) electrons. The number of fused-ring (bicyclic) bond motifs is 2. The van der Waals surface area contributed by atoms with Crippen molar-refractivity contribution in [3.8, 4) is 5.75 Å². The molecule has 2 aliphatic rings. The Balaban J connectivity index is 0.000000488. The third-order valence-corrected chi connectivity index (χ3v) is 8.12. The van der Waals surface area contributed by atoms with E-state index in [0.29, 0.717) is 31.1 Å². The smallest absolute Gasteiger partial charge is 0.328 e. The summed E-state index contributed by atoms with van der Waals surface area (Å²) in [5.41, 5.74) is 3.13. The Morgan fingerprint density at radius 2 is 1.73 bits per heavy atom. The van der Waals surface area contributed by atoms with Crippen LogP contribution in [0.2, 0.25) is 0 Å². The Morgan fingerprint density at radius 3 is 2.45 bits per heavy atom. The summed E-state index contributed by atoms with van der Waals surface area (Å²) in [6, 6.07) is 14.3. The van der Waals surface area contributed by atoms with Crippen LogP contribution in [0.4, 0.5) is 5.69 Å². The number of nitrogens with zero attached hydrogens (tertiary/aromatic N) is 4. The summed E-state index contributed by atoms with van der Waals surface area (Å²) in [6.45, 7) is 11.1. The Morgan fingerprint density at radius 1 is 1.00 bits per heavy atom. The molecule has 1 saturated heterocycles. The highest BCUT2D eigenvalue weighted by Gasteiger charge is 2.20. The summed E-state index contributed by atoms with van der Waals surface area (Å²) >= 11 is 1.56. The number of piperazine rings is 1. The zero-order valence-corrected chi connectivity index (χ0v) is 25.6. The van der Waals surface area contributed by atoms with Gasteiger partial charge in [-0.3, -0.25) is 9.69 Å². The first-order valence-corrected chi connectivity index (χ1v) is 15.6. The minimum absolute atomic E-state index is 0.0569. The number of aliphatic carboxylic acids is 2. The van der Waals surface area contributed by atoms with Gasteiger partial charge in [-0.15, -0.1) is 11.8 Å². The number of nitrogens with one attached hydrogen (secondary N) is 1. The summed E-state index contributed by atoms with van der Waals surface area (Å²) in [4.78, 5) is 41.7. The van der Waals surface area contributed by atoms with E-state index in [1.54, 1.807) is 11.8 Å². The molecule has 2 aromatic carbocycles. The van der Waals surface area contributed by atoms with E-state index in [2.05, 4.69) is 43.9 Å². The quantitative estimate of drug-likeness (QED) is 0.190. The first kappa shape index (κ1) is 33.0. The first-order valence-electron chi connectivity index (χ1n) is 14.6. The van der Waals surface area contributed by atoms with Gasteiger partial charge in [0.2, 0.25) is 5.91 Å². The average molecular weight is 626 g/mol. The van der Waals surface area contributed by atoms with E-state index < -0.39 is 11.9 Å². The largest absolute Gasteiger partial charge is 0.494 e. The van der Waals surface area contributed by atoms with Crippen molar-refractivity contribution in [2.75, 3.05) is 63.6 Å². The van der Waals surface area contributed by atoms with Crippen molar-refractivity contribution in [2.45, 2.75) is 31.3 Å². The van der Waals surface area contributed by atoms with Crippen molar-refractivity contribution in [3.63, 3.8) is 0 Å². The summed E-state index contributed by atoms with van der Waals surface area (Å²) in [6.07, 6.45) is 2.11. The minimum Gasteiger partial charge on any atom is -0.494 e. The Kier molecular flexibility index (Phi) is 12.6. The number of carboxylic acid groups (broad SMARTS) is 2. The number of carboxylic acids is 2. The highest BCUT2D eigenvalue weighted by Crippen LogP contribution is 2.34. The second-order valence-electron chi connectivity index (χ2n) is 10.2. The third-order valence-electron chi connectivity index (χ3n) is 7.07. The Labute approximate surface area is 260 Å². The molecule has 0 spiro atoms. The second kappa shape index (κ2) is 16.8. The van der Waals surface area contributed by atoms with Crippen LogP contribution in [-0.2, 0) is 32.2 Å². The number of hydrogen-bond acceptors (Lipinski definition) is 9.